The summed E-state index contributed by atoms with van der Waals surface area (Å²) in [7, 11) is 0. The van der Waals surface area contributed by atoms with Gasteiger partial charge in [-0.2, -0.15) is 10.2 Å². The lowest BCUT2D eigenvalue weighted by atomic mass is 9.81. The molecular weight excluding hydrogens is 587 g/mol. The third-order valence-electron chi connectivity index (χ3n) is 8.92. The normalized spacial score (nSPS) is 21.3. The van der Waals surface area contributed by atoms with Crippen molar-refractivity contribution >= 4 is 34.4 Å². The van der Waals surface area contributed by atoms with E-state index in [1.807, 2.05) is 18.2 Å². The number of nitrogens with zero attached hydrogens (tertiary/aromatic N) is 6. The maximum atomic E-state index is 14.3. The second-order valence-corrected chi connectivity index (χ2v) is 11.9. The number of hydrogen-bond acceptors (Lipinski definition) is 8. The van der Waals surface area contributed by atoms with Gasteiger partial charge in [0.25, 0.3) is 0 Å². The van der Waals surface area contributed by atoms with Crippen LogP contribution in [0.25, 0.3) is 11.0 Å². The third-order valence-corrected chi connectivity index (χ3v) is 9.21. The predicted octanol–water partition coefficient (Wildman–Crippen LogP) is 5.01. The van der Waals surface area contributed by atoms with Crippen LogP contribution in [0.4, 0.5) is 10.2 Å². The molecule has 44 heavy (non-hydrogen) atoms. The number of benzene rings is 2. The Morgan fingerprint density at radius 3 is 2.68 bits per heavy atom. The molecule has 3 fully saturated rings. The van der Waals surface area contributed by atoms with Gasteiger partial charge in [-0.25, -0.2) is 14.2 Å². The molecule has 12 heteroatoms. The number of aromatic carboxylic acids is 1. The average Bonchev–Trinajstić information content (AvgIpc) is 3.32. The van der Waals surface area contributed by atoms with E-state index in [-0.39, 0.29) is 29.9 Å². The van der Waals surface area contributed by atoms with Crippen LogP contribution < -0.4 is 9.64 Å². The maximum absolute atomic E-state index is 14.3. The summed E-state index contributed by atoms with van der Waals surface area (Å²) >= 11 is 6.52. The Hall–Kier alpha value is -4.24. The summed E-state index contributed by atoms with van der Waals surface area (Å²) in [6.07, 6.45) is 3.10. The van der Waals surface area contributed by atoms with Gasteiger partial charge in [-0.15, -0.1) is 0 Å². The van der Waals surface area contributed by atoms with Gasteiger partial charge in [0.15, 0.2) is 0 Å². The minimum atomic E-state index is -1.03. The SMILES string of the molecule is N#Cc1ccc(COc2cccc(N3CCN(Cc4nc5c(Cl)cc(C(=O)O)cc5n4CC4CCO4)C4CCC43)n2)c(F)c1. The Balaban J connectivity index is 1.08. The van der Waals surface area contributed by atoms with Gasteiger partial charge >= 0.3 is 5.97 Å². The highest BCUT2D eigenvalue weighted by Crippen LogP contribution is 2.38. The number of rotatable bonds is 9. The zero-order valence-electron chi connectivity index (χ0n) is 23.8. The van der Waals surface area contributed by atoms with Crippen molar-refractivity contribution in [1.29, 1.82) is 5.26 Å². The van der Waals surface area contributed by atoms with Gasteiger partial charge < -0.3 is 24.0 Å². The van der Waals surface area contributed by atoms with Gasteiger partial charge in [0.2, 0.25) is 5.88 Å². The molecular formula is C32H30ClFN6O4. The monoisotopic (exact) mass is 616 g/mol. The van der Waals surface area contributed by atoms with E-state index in [9.17, 15) is 14.3 Å². The van der Waals surface area contributed by atoms with Crippen LogP contribution in [0.1, 0.15) is 46.6 Å². The minimum absolute atomic E-state index is 0.0126. The van der Waals surface area contributed by atoms with Gasteiger partial charge in [-0.3, -0.25) is 4.90 Å². The van der Waals surface area contributed by atoms with Gasteiger partial charge in [-0.1, -0.05) is 23.7 Å². The average molecular weight is 617 g/mol. The fourth-order valence-corrected chi connectivity index (χ4v) is 6.58. The molecule has 226 valence electrons. The maximum Gasteiger partial charge on any atom is 0.335 e. The van der Waals surface area contributed by atoms with Crippen LogP contribution in [0, 0.1) is 17.1 Å². The number of piperazine rings is 1. The number of halogens is 2. The number of fused-ring (bicyclic) bond motifs is 2. The van der Waals surface area contributed by atoms with Crippen molar-refractivity contribution in [3.05, 3.63) is 81.9 Å². The third kappa shape index (κ3) is 5.34. The highest BCUT2D eigenvalue weighted by atomic mass is 35.5. The summed E-state index contributed by atoms with van der Waals surface area (Å²) in [5.74, 6) is 0.573. The van der Waals surface area contributed by atoms with Crippen LogP contribution in [-0.2, 0) is 24.4 Å². The summed E-state index contributed by atoms with van der Waals surface area (Å²) in [5.41, 5.74) is 2.08. The fourth-order valence-electron chi connectivity index (χ4n) is 6.32. The van der Waals surface area contributed by atoms with E-state index in [0.717, 1.165) is 50.6 Å². The van der Waals surface area contributed by atoms with Crippen molar-refractivity contribution in [2.45, 2.75) is 57.1 Å². The quantitative estimate of drug-likeness (QED) is 0.277. The van der Waals surface area contributed by atoms with Crippen molar-refractivity contribution in [2.75, 3.05) is 24.6 Å². The molecule has 4 aromatic rings. The molecule has 10 nitrogen and oxygen atoms in total. The zero-order chi connectivity index (χ0) is 30.4. The second-order valence-electron chi connectivity index (χ2n) is 11.5. The lowest BCUT2D eigenvalue weighted by Crippen LogP contribution is -2.64. The fraction of sp³-hybridized carbons (Fsp3) is 0.375. The summed E-state index contributed by atoms with van der Waals surface area (Å²) in [6, 6.07) is 15.6. The Morgan fingerprint density at radius 2 is 1.98 bits per heavy atom. The molecule has 4 heterocycles. The first-order valence-electron chi connectivity index (χ1n) is 14.7. The topological polar surface area (TPSA) is 117 Å². The molecule has 0 radical (unpaired) electrons. The standard InChI is InChI=1S/C32H30ClFN6O4/c33-23-13-21(32(41)42)14-27-31(23)37-29(40(27)16-22-8-11-43-22)17-38-9-10-39(26-7-6-25(26)38)28-2-1-3-30(36-28)44-18-20-5-4-19(15-35)12-24(20)34/h1-5,12-14,22,25-26H,6-11,16-18H2,(H,41,42). The molecule has 0 bridgehead atoms. The van der Waals surface area contributed by atoms with Gasteiger partial charge in [-0.05, 0) is 49.6 Å². The van der Waals surface area contributed by atoms with Crippen LogP contribution >= 0.6 is 11.6 Å². The van der Waals surface area contributed by atoms with Crippen LogP contribution in [-0.4, -0.2) is 68.4 Å². The van der Waals surface area contributed by atoms with Crippen molar-refractivity contribution in [1.82, 2.24) is 19.4 Å². The molecule has 1 saturated carbocycles. The van der Waals surface area contributed by atoms with Crippen LogP contribution in [0.2, 0.25) is 5.02 Å². The molecule has 2 aromatic heterocycles. The largest absolute Gasteiger partial charge is 0.478 e. The zero-order valence-corrected chi connectivity index (χ0v) is 24.6. The number of carbonyl (C=O) groups is 1. The molecule has 2 aliphatic heterocycles. The van der Waals surface area contributed by atoms with Crippen LogP contribution in [0.3, 0.4) is 0 Å². The molecule has 3 atom stereocenters. The first-order chi connectivity index (χ1) is 21.4. The molecule has 0 spiro atoms. The van der Waals surface area contributed by atoms with E-state index < -0.39 is 11.8 Å². The molecule has 2 aromatic carbocycles. The van der Waals surface area contributed by atoms with Crippen LogP contribution in [0.5, 0.6) is 5.88 Å². The molecule has 3 aliphatic rings. The van der Waals surface area contributed by atoms with Crippen LogP contribution in [0.15, 0.2) is 48.5 Å². The Morgan fingerprint density at radius 1 is 1.14 bits per heavy atom. The number of carboxylic acids is 1. The molecule has 2 saturated heterocycles. The van der Waals surface area contributed by atoms with Crippen molar-refractivity contribution < 1.29 is 23.8 Å². The number of imidazole rings is 1. The molecule has 7 rings (SSSR count). The Labute approximate surface area is 258 Å². The summed E-state index contributed by atoms with van der Waals surface area (Å²) in [6.45, 7) is 3.51. The number of anilines is 1. The first kappa shape index (κ1) is 28.5. The molecule has 3 unspecified atom stereocenters. The second kappa shape index (κ2) is 11.7. The van der Waals surface area contributed by atoms with E-state index in [0.29, 0.717) is 46.6 Å². The van der Waals surface area contributed by atoms with Gasteiger partial charge in [0.05, 0.1) is 46.9 Å². The van der Waals surface area contributed by atoms with E-state index >= 15 is 0 Å². The Bertz CT molecular complexity index is 1790. The first-order valence-corrected chi connectivity index (χ1v) is 15.1. The number of hydrogen-bond donors (Lipinski definition) is 1. The Kier molecular flexibility index (Phi) is 7.58. The molecule has 1 N–H and O–H groups in total. The van der Waals surface area contributed by atoms with Crippen molar-refractivity contribution in [3.63, 3.8) is 0 Å². The highest BCUT2D eigenvalue weighted by Gasteiger charge is 2.44. The predicted molar refractivity (Wildman–Crippen MR) is 160 cm³/mol. The molecule has 1 aliphatic carbocycles. The number of pyridine rings is 1. The van der Waals surface area contributed by atoms with E-state index in [1.165, 1.54) is 12.1 Å². The summed E-state index contributed by atoms with van der Waals surface area (Å²) < 4.78 is 28.0. The van der Waals surface area contributed by atoms with Crippen molar-refractivity contribution in [2.24, 2.45) is 0 Å². The summed E-state index contributed by atoms with van der Waals surface area (Å²) in [4.78, 5) is 26.2. The lowest BCUT2D eigenvalue weighted by molar-refractivity contribution is -0.0594. The van der Waals surface area contributed by atoms with E-state index in [4.69, 9.17) is 36.3 Å². The number of nitriles is 1. The van der Waals surface area contributed by atoms with Crippen molar-refractivity contribution in [3.8, 4) is 11.9 Å². The number of carboxylic acid groups (broad SMARTS) is 1. The van der Waals surface area contributed by atoms with Gasteiger partial charge in [0.1, 0.15) is 29.6 Å². The highest BCUT2D eigenvalue weighted by molar-refractivity contribution is 6.35. The van der Waals surface area contributed by atoms with E-state index in [1.54, 1.807) is 24.3 Å². The number of ether oxygens (including phenoxy) is 2. The smallest absolute Gasteiger partial charge is 0.335 e. The summed E-state index contributed by atoms with van der Waals surface area (Å²) in [5, 5.41) is 18.9. The minimum Gasteiger partial charge on any atom is -0.478 e. The van der Waals surface area contributed by atoms with Gasteiger partial charge in [0, 0.05) is 43.4 Å². The molecule has 0 amide bonds. The number of aromatic nitrogens is 3. The lowest BCUT2D eigenvalue weighted by Gasteiger charge is -2.54. The van der Waals surface area contributed by atoms with E-state index in [2.05, 4.69) is 14.4 Å².